The zero-order valence-electron chi connectivity index (χ0n) is 23.0. The molecule has 210 valence electrons. The maximum Gasteiger partial charge on any atom is 0.223 e. The Bertz CT molecular complexity index is 1010. The molecular weight excluding hydrogens is 487 g/mol. The summed E-state index contributed by atoms with van der Waals surface area (Å²) in [5.74, 6) is -2.49. The summed E-state index contributed by atoms with van der Waals surface area (Å²) < 4.78 is 21.7. The highest BCUT2D eigenvalue weighted by molar-refractivity contribution is 5.88. The van der Waals surface area contributed by atoms with E-state index in [0.29, 0.717) is 31.4 Å². The van der Waals surface area contributed by atoms with Gasteiger partial charge < -0.3 is 20.3 Å². The number of carbonyl (C=O) groups excluding carboxylic acids is 2. The number of aromatic nitrogens is 1. The molecule has 7 nitrogen and oxygen atoms in total. The molecule has 7 atom stereocenters. The minimum atomic E-state index is -1.32. The Morgan fingerprint density at radius 2 is 2.00 bits per heavy atom. The summed E-state index contributed by atoms with van der Waals surface area (Å²) in [5.41, 5.74) is -1.33. The van der Waals surface area contributed by atoms with Gasteiger partial charge in [0.05, 0.1) is 47.5 Å². The molecule has 2 saturated heterocycles. The smallest absolute Gasteiger partial charge is 0.223 e. The molecule has 3 unspecified atom stereocenters. The van der Waals surface area contributed by atoms with E-state index in [1.807, 2.05) is 13.8 Å². The normalized spacial score (nSPS) is 35.2. The van der Waals surface area contributed by atoms with Crippen molar-refractivity contribution in [3.63, 3.8) is 0 Å². The van der Waals surface area contributed by atoms with Crippen LogP contribution in [0, 0.1) is 17.3 Å². The second-order valence-corrected chi connectivity index (χ2v) is 11.6. The number of carbonyl (C=O) groups is 2. The number of Topliss-reactive ketones (excluding diaryl/α,β-unsaturated/α-hetero) is 1. The third-order valence-corrected chi connectivity index (χ3v) is 8.28. The van der Waals surface area contributed by atoms with Gasteiger partial charge in [0, 0.05) is 18.0 Å². The number of allylic oxidation sites excluding steroid dienone is 1. The largest absolute Gasteiger partial charge is 0.392 e. The van der Waals surface area contributed by atoms with Crippen molar-refractivity contribution >= 4 is 17.8 Å². The molecule has 0 saturated carbocycles. The van der Waals surface area contributed by atoms with Gasteiger partial charge in [0.1, 0.15) is 11.6 Å². The lowest BCUT2D eigenvalue weighted by molar-refractivity contribution is -0.143. The van der Waals surface area contributed by atoms with Crippen LogP contribution < -0.4 is 5.32 Å². The Kier molecular flexibility index (Phi) is 10.0. The quantitative estimate of drug-likeness (QED) is 0.381. The van der Waals surface area contributed by atoms with Crippen LogP contribution in [0.15, 0.2) is 42.9 Å². The van der Waals surface area contributed by atoms with Crippen molar-refractivity contribution in [3.8, 4) is 0 Å². The van der Waals surface area contributed by atoms with E-state index in [4.69, 9.17) is 4.74 Å². The van der Waals surface area contributed by atoms with Gasteiger partial charge in [-0.05, 0) is 50.8 Å². The summed E-state index contributed by atoms with van der Waals surface area (Å²) in [5, 5.41) is 24.7. The standard InChI is InChI=1S/C30H43FN2O5/c1-6-7-13-21-23(34)14-8-10-15-30(5)28(38-30)19(2)26(22(31)17-20-12-9-11-16-32-20)33-25(36)18-24(35)29(3,4)27(21)37/h6,9,11-12,16-17,19,21,23-24,26,28,34-35H,1,7-8,10,13-15,18H2,2-5H3,(H,33,36)/t19?,21-,23-,24+,26+,28?,30?/m1/s1. The Balaban J connectivity index is 1.90. The topological polar surface area (TPSA) is 112 Å². The molecule has 0 bridgehead atoms. The second-order valence-electron chi connectivity index (χ2n) is 11.6. The SMILES string of the molecule is C=CCC[C@H]1C(=O)C(C)(C)[C@@H](O)CC(=O)N[C@H](C(F)=Cc2ccccn2)C(C)C2OC2(C)CCCC[C@H]1O. The number of amides is 1. The summed E-state index contributed by atoms with van der Waals surface area (Å²) in [6.45, 7) is 10.7. The predicted octanol–water partition coefficient (Wildman–Crippen LogP) is 4.53. The number of hydrogen-bond donors (Lipinski definition) is 3. The van der Waals surface area contributed by atoms with E-state index in [-0.39, 0.29) is 18.3 Å². The average Bonchev–Trinajstić information content (AvgIpc) is 3.56. The van der Waals surface area contributed by atoms with Crippen LogP contribution in [0.1, 0.15) is 78.3 Å². The molecule has 2 aliphatic rings. The molecule has 2 fully saturated rings. The Morgan fingerprint density at radius 1 is 1.26 bits per heavy atom. The third kappa shape index (κ3) is 7.16. The number of nitrogens with one attached hydrogen (secondary N) is 1. The van der Waals surface area contributed by atoms with Crippen LogP contribution >= 0.6 is 0 Å². The van der Waals surface area contributed by atoms with E-state index in [0.717, 1.165) is 12.8 Å². The van der Waals surface area contributed by atoms with Gasteiger partial charge in [-0.2, -0.15) is 0 Å². The van der Waals surface area contributed by atoms with Crippen LogP contribution in [0.5, 0.6) is 0 Å². The predicted molar refractivity (Wildman–Crippen MR) is 145 cm³/mol. The number of epoxide rings is 1. The van der Waals surface area contributed by atoms with Crippen LogP contribution in [0.4, 0.5) is 4.39 Å². The number of rotatable bonds is 5. The molecule has 0 spiro atoms. The number of ketones is 1. The van der Waals surface area contributed by atoms with Crippen LogP contribution in [-0.4, -0.2) is 56.8 Å². The summed E-state index contributed by atoms with van der Waals surface area (Å²) in [6, 6.07) is 4.18. The van der Waals surface area contributed by atoms with E-state index >= 15 is 4.39 Å². The first-order valence-corrected chi connectivity index (χ1v) is 13.7. The number of pyridine rings is 1. The monoisotopic (exact) mass is 530 g/mol. The highest BCUT2D eigenvalue weighted by Crippen LogP contribution is 2.47. The fourth-order valence-corrected chi connectivity index (χ4v) is 5.57. The number of hydrogen-bond acceptors (Lipinski definition) is 6. The van der Waals surface area contributed by atoms with Gasteiger partial charge in [0.25, 0.3) is 0 Å². The maximum absolute atomic E-state index is 15.6. The molecule has 3 heterocycles. The van der Waals surface area contributed by atoms with Gasteiger partial charge in [-0.1, -0.05) is 45.8 Å². The van der Waals surface area contributed by atoms with Crippen molar-refractivity contribution in [2.24, 2.45) is 17.3 Å². The highest BCUT2D eigenvalue weighted by Gasteiger charge is 2.56. The number of aliphatic hydroxyl groups is 2. The third-order valence-electron chi connectivity index (χ3n) is 8.28. The number of nitrogens with zero attached hydrogens (tertiary/aromatic N) is 1. The zero-order chi connectivity index (χ0) is 28.1. The van der Waals surface area contributed by atoms with Gasteiger partial charge in [-0.25, -0.2) is 4.39 Å². The molecule has 0 radical (unpaired) electrons. The van der Waals surface area contributed by atoms with E-state index in [1.165, 1.54) is 6.08 Å². The molecule has 3 rings (SSSR count). The molecule has 8 heteroatoms. The Labute approximate surface area is 225 Å². The van der Waals surface area contributed by atoms with E-state index in [1.54, 1.807) is 44.3 Å². The molecule has 38 heavy (non-hydrogen) atoms. The number of halogens is 1. The molecule has 1 aromatic heterocycles. The van der Waals surface area contributed by atoms with Crippen molar-refractivity contribution in [1.29, 1.82) is 0 Å². The molecular formula is C30H43FN2O5. The van der Waals surface area contributed by atoms with Crippen molar-refractivity contribution < 1.29 is 28.9 Å². The van der Waals surface area contributed by atoms with Gasteiger partial charge in [0.2, 0.25) is 5.91 Å². The van der Waals surface area contributed by atoms with E-state index in [2.05, 4.69) is 16.9 Å². The highest BCUT2D eigenvalue weighted by atomic mass is 19.1. The summed E-state index contributed by atoms with van der Waals surface area (Å²) >= 11 is 0. The Hall–Kier alpha value is -2.42. The minimum Gasteiger partial charge on any atom is -0.392 e. The molecule has 0 aromatic carbocycles. The second kappa shape index (κ2) is 12.6. The lowest BCUT2D eigenvalue weighted by Gasteiger charge is -2.35. The van der Waals surface area contributed by atoms with Crippen molar-refractivity contribution in [2.75, 3.05) is 0 Å². The number of fused-ring (bicyclic) bond motifs is 1. The summed E-state index contributed by atoms with van der Waals surface area (Å²) in [6.07, 6.45) is 5.36. The minimum absolute atomic E-state index is 0.267. The first-order valence-electron chi connectivity index (χ1n) is 13.7. The average molecular weight is 531 g/mol. The van der Waals surface area contributed by atoms with E-state index in [9.17, 15) is 19.8 Å². The van der Waals surface area contributed by atoms with Gasteiger partial charge in [-0.15, -0.1) is 6.58 Å². The lowest BCUT2D eigenvalue weighted by atomic mass is 9.72. The van der Waals surface area contributed by atoms with Crippen LogP contribution in [0.2, 0.25) is 0 Å². The van der Waals surface area contributed by atoms with Gasteiger partial charge in [0.15, 0.2) is 0 Å². The van der Waals surface area contributed by atoms with Gasteiger partial charge in [-0.3, -0.25) is 14.6 Å². The Morgan fingerprint density at radius 3 is 2.66 bits per heavy atom. The van der Waals surface area contributed by atoms with Crippen LogP contribution in [0.3, 0.4) is 0 Å². The number of aliphatic hydroxyl groups excluding tert-OH is 2. The number of ether oxygens (including phenoxy) is 1. The molecule has 3 N–H and O–H groups in total. The maximum atomic E-state index is 15.6. The molecule has 0 aliphatic carbocycles. The van der Waals surface area contributed by atoms with Crippen molar-refractivity contribution in [1.82, 2.24) is 10.3 Å². The lowest BCUT2D eigenvalue weighted by Crippen LogP contribution is -2.48. The van der Waals surface area contributed by atoms with Crippen molar-refractivity contribution in [2.45, 2.75) is 103 Å². The van der Waals surface area contributed by atoms with Crippen molar-refractivity contribution in [3.05, 3.63) is 48.6 Å². The zero-order valence-corrected chi connectivity index (χ0v) is 23.0. The van der Waals surface area contributed by atoms with Gasteiger partial charge >= 0.3 is 0 Å². The van der Waals surface area contributed by atoms with Crippen LogP contribution in [-0.2, 0) is 14.3 Å². The fourth-order valence-electron chi connectivity index (χ4n) is 5.57. The molecule has 1 aromatic rings. The first-order chi connectivity index (χ1) is 17.9. The fraction of sp³-hybridized carbons (Fsp3) is 0.633. The molecule has 1 amide bonds. The summed E-state index contributed by atoms with van der Waals surface area (Å²) in [7, 11) is 0. The molecule has 2 aliphatic heterocycles. The van der Waals surface area contributed by atoms with E-state index < -0.39 is 52.8 Å². The summed E-state index contributed by atoms with van der Waals surface area (Å²) in [4.78, 5) is 30.8. The first kappa shape index (κ1) is 30.1. The van der Waals surface area contributed by atoms with Crippen LogP contribution in [0.25, 0.3) is 6.08 Å².